The Hall–Kier alpha value is -2.81. The molecule has 0 atom stereocenters. The normalized spacial score (nSPS) is 10.5. The van der Waals surface area contributed by atoms with Gasteiger partial charge in [0.25, 0.3) is 5.91 Å². The minimum Gasteiger partial charge on any atom is -0.388 e. The molecule has 0 aliphatic carbocycles. The van der Waals surface area contributed by atoms with Gasteiger partial charge in [-0.1, -0.05) is 48.5 Å². The van der Waals surface area contributed by atoms with Crippen LogP contribution in [0.2, 0.25) is 0 Å². The van der Waals surface area contributed by atoms with E-state index in [4.69, 9.17) is 0 Å². The lowest BCUT2D eigenvalue weighted by atomic mass is 10.0. The molecule has 116 valence electrons. The number of carbonyl (C=O) groups is 1. The molecule has 23 heavy (non-hydrogen) atoms. The molecule has 3 heteroatoms. The quantitative estimate of drug-likeness (QED) is 0.761. The van der Waals surface area contributed by atoms with Crippen molar-refractivity contribution < 1.29 is 4.79 Å². The maximum atomic E-state index is 12.5. The van der Waals surface area contributed by atoms with Crippen molar-refractivity contribution in [1.82, 2.24) is 5.32 Å². The lowest BCUT2D eigenvalue weighted by Gasteiger charge is -2.11. The van der Waals surface area contributed by atoms with E-state index < -0.39 is 0 Å². The van der Waals surface area contributed by atoms with E-state index in [0.29, 0.717) is 12.1 Å². The molecule has 0 aliphatic rings. The van der Waals surface area contributed by atoms with Gasteiger partial charge in [-0.3, -0.25) is 4.79 Å². The number of fused-ring (bicyclic) bond motifs is 1. The van der Waals surface area contributed by atoms with E-state index in [2.05, 4.69) is 34.9 Å². The molecule has 0 saturated heterocycles. The molecule has 0 bridgehead atoms. The fourth-order valence-corrected chi connectivity index (χ4v) is 2.74. The topological polar surface area (TPSA) is 41.1 Å². The molecular weight excluding hydrogens is 284 g/mol. The van der Waals surface area contributed by atoms with Crippen LogP contribution in [0.5, 0.6) is 0 Å². The average molecular weight is 304 g/mol. The molecule has 3 rings (SSSR count). The van der Waals surface area contributed by atoms with Crippen molar-refractivity contribution in [2.24, 2.45) is 0 Å². The van der Waals surface area contributed by atoms with Gasteiger partial charge in [0.05, 0.1) is 0 Å². The fraction of sp³-hybridized carbons (Fsp3) is 0.150. The lowest BCUT2D eigenvalue weighted by Crippen LogP contribution is -2.23. The van der Waals surface area contributed by atoms with Crippen molar-refractivity contribution in [3.05, 3.63) is 77.4 Å². The van der Waals surface area contributed by atoms with Crippen LogP contribution in [0.25, 0.3) is 10.8 Å². The van der Waals surface area contributed by atoms with Crippen LogP contribution >= 0.6 is 0 Å². The lowest BCUT2D eigenvalue weighted by molar-refractivity contribution is 0.0950. The molecule has 2 N–H and O–H groups in total. The van der Waals surface area contributed by atoms with Gasteiger partial charge in [0, 0.05) is 24.8 Å². The molecule has 3 aromatic rings. The SMILES string of the molecule is CNc1ccc(C)c(C(=O)NCc2cccc3ccccc23)c1. The zero-order chi connectivity index (χ0) is 16.2. The number of benzene rings is 3. The maximum absolute atomic E-state index is 12.5. The number of hydrogen-bond donors (Lipinski definition) is 2. The molecule has 0 saturated carbocycles. The van der Waals surface area contributed by atoms with Gasteiger partial charge in [-0.2, -0.15) is 0 Å². The smallest absolute Gasteiger partial charge is 0.251 e. The number of nitrogens with one attached hydrogen (secondary N) is 2. The Morgan fingerprint density at radius 3 is 2.61 bits per heavy atom. The van der Waals surface area contributed by atoms with Gasteiger partial charge >= 0.3 is 0 Å². The van der Waals surface area contributed by atoms with Crippen molar-refractivity contribution in [3.8, 4) is 0 Å². The summed E-state index contributed by atoms with van der Waals surface area (Å²) in [6, 6.07) is 20.2. The molecule has 0 unspecified atom stereocenters. The Kier molecular flexibility index (Phi) is 4.29. The van der Waals surface area contributed by atoms with E-state index in [-0.39, 0.29) is 5.91 Å². The fourth-order valence-electron chi connectivity index (χ4n) is 2.74. The maximum Gasteiger partial charge on any atom is 0.251 e. The summed E-state index contributed by atoms with van der Waals surface area (Å²) in [5.74, 6) is -0.0486. The van der Waals surface area contributed by atoms with Crippen LogP contribution in [-0.2, 0) is 6.54 Å². The third-order valence-corrected chi connectivity index (χ3v) is 4.09. The summed E-state index contributed by atoms with van der Waals surface area (Å²) in [5.41, 5.74) is 3.74. The molecule has 3 aromatic carbocycles. The van der Waals surface area contributed by atoms with E-state index in [9.17, 15) is 4.79 Å². The number of hydrogen-bond acceptors (Lipinski definition) is 2. The highest BCUT2D eigenvalue weighted by atomic mass is 16.1. The van der Waals surface area contributed by atoms with Crippen LogP contribution in [0.3, 0.4) is 0 Å². The number of anilines is 1. The Balaban J connectivity index is 1.81. The van der Waals surface area contributed by atoms with E-state index >= 15 is 0 Å². The van der Waals surface area contributed by atoms with Gasteiger partial charge < -0.3 is 10.6 Å². The summed E-state index contributed by atoms with van der Waals surface area (Å²) in [6.45, 7) is 2.47. The Morgan fingerprint density at radius 1 is 1.00 bits per heavy atom. The number of amides is 1. The van der Waals surface area contributed by atoms with Gasteiger partial charge in [0.1, 0.15) is 0 Å². The van der Waals surface area contributed by atoms with Crippen LogP contribution in [0.1, 0.15) is 21.5 Å². The summed E-state index contributed by atoms with van der Waals surface area (Å²) in [4.78, 5) is 12.5. The van der Waals surface area contributed by atoms with E-state index in [1.54, 1.807) is 0 Å². The van der Waals surface area contributed by atoms with Gasteiger partial charge in [0.15, 0.2) is 0 Å². The highest BCUT2D eigenvalue weighted by molar-refractivity contribution is 5.97. The van der Waals surface area contributed by atoms with Crippen molar-refractivity contribution in [1.29, 1.82) is 0 Å². The molecule has 0 spiro atoms. The Morgan fingerprint density at radius 2 is 1.78 bits per heavy atom. The summed E-state index contributed by atoms with van der Waals surface area (Å²) >= 11 is 0. The minimum atomic E-state index is -0.0486. The molecule has 0 aromatic heterocycles. The number of carbonyl (C=O) groups excluding carboxylic acids is 1. The van der Waals surface area contributed by atoms with Crippen LogP contribution in [-0.4, -0.2) is 13.0 Å². The van der Waals surface area contributed by atoms with Gasteiger partial charge in [-0.25, -0.2) is 0 Å². The monoisotopic (exact) mass is 304 g/mol. The largest absolute Gasteiger partial charge is 0.388 e. The molecular formula is C20H20N2O. The van der Waals surface area contributed by atoms with E-state index in [1.165, 1.54) is 10.8 Å². The predicted molar refractivity (Wildman–Crippen MR) is 95.8 cm³/mol. The van der Waals surface area contributed by atoms with Crippen molar-refractivity contribution >= 4 is 22.4 Å². The zero-order valence-electron chi connectivity index (χ0n) is 13.4. The number of rotatable bonds is 4. The zero-order valence-corrected chi connectivity index (χ0v) is 13.4. The van der Waals surface area contributed by atoms with Gasteiger partial charge in [-0.05, 0) is 41.0 Å². The Bertz CT molecular complexity index is 850. The minimum absolute atomic E-state index is 0.0486. The van der Waals surface area contributed by atoms with E-state index in [1.807, 2.05) is 50.4 Å². The molecule has 0 heterocycles. The van der Waals surface area contributed by atoms with Crippen LogP contribution in [0.15, 0.2) is 60.7 Å². The molecule has 0 fully saturated rings. The van der Waals surface area contributed by atoms with Crippen LogP contribution < -0.4 is 10.6 Å². The third-order valence-electron chi connectivity index (χ3n) is 4.09. The van der Waals surface area contributed by atoms with Gasteiger partial charge in [0.2, 0.25) is 0 Å². The van der Waals surface area contributed by atoms with Gasteiger partial charge in [-0.15, -0.1) is 0 Å². The Labute approximate surface area is 136 Å². The summed E-state index contributed by atoms with van der Waals surface area (Å²) in [5, 5.41) is 8.46. The first-order valence-electron chi connectivity index (χ1n) is 7.72. The first-order valence-corrected chi connectivity index (χ1v) is 7.72. The van der Waals surface area contributed by atoms with E-state index in [0.717, 1.165) is 16.8 Å². The second-order valence-electron chi connectivity index (χ2n) is 5.60. The first kappa shape index (κ1) is 15.1. The number of aryl methyl sites for hydroxylation is 1. The predicted octanol–water partition coefficient (Wildman–Crippen LogP) is 4.12. The average Bonchev–Trinajstić information content (AvgIpc) is 2.60. The van der Waals surface area contributed by atoms with Crippen LogP contribution in [0, 0.1) is 6.92 Å². The summed E-state index contributed by atoms with van der Waals surface area (Å²) in [6.07, 6.45) is 0. The molecule has 1 amide bonds. The first-order chi connectivity index (χ1) is 11.2. The second kappa shape index (κ2) is 6.53. The van der Waals surface area contributed by atoms with Crippen molar-refractivity contribution in [2.45, 2.75) is 13.5 Å². The van der Waals surface area contributed by atoms with Crippen molar-refractivity contribution in [3.63, 3.8) is 0 Å². The highest BCUT2D eigenvalue weighted by Gasteiger charge is 2.10. The second-order valence-corrected chi connectivity index (χ2v) is 5.60. The highest BCUT2D eigenvalue weighted by Crippen LogP contribution is 2.19. The molecule has 3 nitrogen and oxygen atoms in total. The van der Waals surface area contributed by atoms with Crippen molar-refractivity contribution in [2.75, 3.05) is 12.4 Å². The van der Waals surface area contributed by atoms with Crippen LogP contribution in [0.4, 0.5) is 5.69 Å². The third kappa shape index (κ3) is 3.19. The molecule has 0 aliphatic heterocycles. The standard InChI is InChI=1S/C20H20N2O/c1-14-10-11-17(21-2)12-19(14)20(23)22-13-16-8-5-7-15-6-3-4-9-18(15)16/h3-12,21H,13H2,1-2H3,(H,22,23). The summed E-state index contributed by atoms with van der Waals surface area (Å²) in [7, 11) is 1.85. The summed E-state index contributed by atoms with van der Waals surface area (Å²) < 4.78 is 0. The molecule has 0 radical (unpaired) electrons.